The van der Waals surface area contributed by atoms with Crippen LogP contribution in [0.1, 0.15) is 27.2 Å². The predicted molar refractivity (Wildman–Crippen MR) is 65.0 cm³/mol. The van der Waals surface area contributed by atoms with E-state index in [1.54, 1.807) is 11.8 Å². The highest BCUT2D eigenvalue weighted by Crippen LogP contribution is 2.18. The molecule has 1 aliphatic heterocycles. The van der Waals surface area contributed by atoms with Crippen LogP contribution in [0.4, 0.5) is 0 Å². The number of primary amides is 1. The minimum Gasteiger partial charge on any atom is -0.369 e. The van der Waals surface area contributed by atoms with Gasteiger partial charge in [0, 0.05) is 11.8 Å². The third-order valence-electron chi connectivity index (χ3n) is 2.44. The number of carbonyl (C=O) groups is 1. The number of thioether (sulfide) groups is 1. The van der Waals surface area contributed by atoms with Crippen LogP contribution in [0, 0.1) is 5.41 Å². The summed E-state index contributed by atoms with van der Waals surface area (Å²) in [7, 11) is 0. The van der Waals surface area contributed by atoms with E-state index in [0.29, 0.717) is 12.6 Å². The number of amides is 1. The summed E-state index contributed by atoms with van der Waals surface area (Å²) < 4.78 is 0. The molecule has 3 N–H and O–H groups in total. The van der Waals surface area contributed by atoms with E-state index in [4.69, 9.17) is 5.73 Å². The van der Waals surface area contributed by atoms with Crippen molar-refractivity contribution < 1.29 is 4.79 Å². The minimum atomic E-state index is -0.560. The quantitative estimate of drug-likeness (QED) is 0.757. The zero-order valence-corrected chi connectivity index (χ0v) is 10.4. The molecule has 0 aliphatic carbocycles. The van der Waals surface area contributed by atoms with Crippen LogP contribution in [0.2, 0.25) is 0 Å². The van der Waals surface area contributed by atoms with Gasteiger partial charge in [-0.2, -0.15) is 0 Å². The second-order valence-electron chi connectivity index (χ2n) is 4.55. The van der Waals surface area contributed by atoms with Crippen LogP contribution in [-0.2, 0) is 4.79 Å². The van der Waals surface area contributed by atoms with E-state index in [0.717, 1.165) is 17.3 Å². The van der Waals surface area contributed by atoms with Crippen LogP contribution < -0.4 is 11.1 Å². The maximum absolute atomic E-state index is 11.1. The molecule has 0 aromatic rings. The summed E-state index contributed by atoms with van der Waals surface area (Å²) in [5, 5.41) is 4.22. The van der Waals surface area contributed by atoms with Gasteiger partial charge >= 0.3 is 0 Å². The molecular weight excluding hydrogens is 210 g/mol. The zero-order valence-electron chi connectivity index (χ0n) is 9.54. The van der Waals surface area contributed by atoms with Gasteiger partial charge in [0.05, 0.1) is 12.0 Å². The normalized spacial score (nSPS) is 25.0. The summed E-state index contributed by atoms with van der Waals surface area (Å²) in [4.78, 5) is 15.5. The van der Waals surface area contributed by atoms with E-state index in [-0.39, 0.29) is 5.91 Å². The molecule has 0 bridgehead atoms. The monoisotopic (exact) mass is 229 g/mol. The molecule has 1 amide bonds. The lowest BCUT2D eigenvalue weighted by Gasteiger charge is -2.23. The molecule has 0 radical (unpaired) electrons. The van der Waals surface area contributed by atoms with Crippen LogP contribution in [0.15, 0.2) is 4.99 Å². The van der Waals surface area contributed by atoms with Gasteiger partial charge in [0.25, 0.3) is 0 Å². The van der Waals surface area contributed by atoms with Crippen molar-refractivity contribution in [3.8, 4) is 0 Å². The molecule has 1 saturated heterocycles. The highest BCUT2D eigenvalue weighted by molar-refractivity contribution is 8.13. The molecule has 1 atom stereocenters. The number of aliphatic imine (C=N–C) groups is 1. The van der Waals surface area contributed by atoms with Gasteiger partial charge in [-0.3, -0.25) is 9.79 Å². The lowest BCUT2D eigenvalue weighted by molar-refractivity contribution is -0.125. The van der Waals surface area contributed by atoms with Gasteiger partial charge in [-0.15, -0.1) is 0 Å². The maximum atomic E-state index is 11.1. The first-order chi connectivity index (χ1) is 6.92. The summed E-state index contributed by atoms with van der Waals surface area (Å²) in [6.07, 6.45) is 1.16. The fourth-order valence-electron chi connectivity index (χ4n) is 1.10. The van der Waals surface area contributed by atoms with Gasteiger partial charge < -0.3 is 11.1 Å². The third-order valence-corrected chi connectivity index (χ3v) is 3.40. The van der Waals surface area contributed by atoms with Crippen molar-refractivity contribution in [2.24, 2.45) is 16.1 Å². The Morgan fingerprint density at radius 2 is 2.40 bits per heavy atom. The van der Waals surface area contributed by atoms with E-state index >= 15 is 0 Å². The van der Waals surface area contributed by atoms with Gasteiger partial charge in [-0.05, 0) is 27.2 Å². The Labute approximate surface area is 95.1 Å². The predicted octanol–water partition coefficient (Wildman–Crippen LogP) is 0.969. The van der Waals surface area contributed by atoms with E-state index in [1.807, 2.05) is 13.8 Å². The van der Waals surface area contributed by atoms with Gasteiger partial charge in [-0.1, -0.05) is 11.8 Å². The van der Waals surface area contributed by atoms with E-state index in [2.05, 4.69) is 17.2 Å². The van der Waals surface area contributed by atoms with Crippen molar-refractivity contribution >= 4 is 22.8 Å². The smallest absolute Gasteiger partial charge is 0.224 e. The molecule has 5 heteroatoms. The second kappa shape index (κ2) is 4.88. The molecule has 0 saturated carbocycles. The molecule has 1 unspecified atom stereocenters. The third kappa shape index (κ3) is 3.74. The first kappa shape index (κ1) is 12.4. The number of nitrogens with zero attached hydrogens (tertiary/aromatic N) is 1. The van der Waals surface area contributed by atoms with Gasteiger partial charge in [-0.25, -0.2) is 0 Å². The van der Waals surface area contributed by atoms with E-state index in [9.17, 15) is 4.79 Å². The average molecular weight is 229 g/mol. The lowest BCUT2D eigenvalue weighted by Crippen LogP contribution is -2.38. The number of carbonyl (C=O) groups excluding carboxylic acids is 1. The SMILES string of the molecule is CC1CCSC(=NCC(C)(C)C(N)=O)N1. The van der Waals surface area contributed by atoms with Crippen molar-refractivity contribution in [3.05, 3.63) is 0 Å². The Hall–Kier alpha value is -0.710. The molecule has 1 rings (SSSR count). The molecule has 15 heavy (non-hydrogen) atoms. The van der Waals surface area contributed by atoms with Crippen molar-refractivity contribution in [2.45, 2.75) is 33.2 Å². The van der Waals surface area contributed by atoms with Crippen LogP contribution in [-0.4, -0.2) is 29.4 Å². The number of nitrogens with two attached hydrogens (primary N) is 1. The highest BCUT2D eigenvalue weighted by atomic mass is 32.2. The first-order valence-corrected chi connectivity index (χ1v) is 6.14. The first-order valence-electron chi connectivity index (χ1n) is 5.15. The Balaban J connectivity index is 2.53. The number of nitrogens with one attached hydrogen (secondary N) is 1. The Morgan fingerprint density at radius 3 is 2.93 bits per heavy atom. The molecule has 86 valence electrons. The van der Waals surface area contributed by atoms with Gasteiger partial charge in [0.2, 0.25) is 5.91 Å². The topological polar surface area (TPSA) is 67.5 Å². The molecular formula is C10H19N3OS. The number of amidine groups is 1. The maximum Gasteiger partial charge on any atom is 0.224 e. The number of rotatable bonds is 3. The van der Waals surface area contributed by atoms with E-state index in [1.165, 1.54) is 0 Å². The van der Waals surface area contributed by atoms with Crippen LogP contribution in [0.3, 0.4) is 0 Å². The Bertz CT molecular complexity index is 276. The van der Waals surface area contributed by atoms with Crippen LogP contribution >= 0.6 is 11.8 Å². The standard InChI is InChI=1S/C10H19N3OS/c1-7-4-5-15-9(13-7)12-6-10(2,3)8(11)14/h7H,4-6H2,1-3H3,(H2,11,14)(H,12,13). The minimum absolute atomic E-state index is 0.305. The number of hydrogen-bond donors (Lipinski definition) is 2. The average Bonchev–Trinajstić information content (AvgIpc) is 2.15. The van der Waals surface area contributed by atoms with E-state index < -0.39 is 5.41 Å². The van der Waals surface area contributed by atoms with Crippen LogP contribution in [0.5, 0.6) is 0 Å². The molecule has 1 aliphatic rings. The largest absolute Gasteiger partial charge is 0.369 e. The van der Waals surface area contributed by atoms with Crippen LogP contribution in [0.25, 0.3) is 0 Å². The Morgan fingerprint density at radius 1 is 1.73 bits per heavy atom. The fraction of sp³-hybridized carbons (Fsp3) is 0.800. The summed E-state index contributed by atoms with van der Waals surface area (Å²) >= 11 is 1.71. The number of hydrogen-bond acceptors (Lipinski definition) is 3. The summed E-state index contributed by atoms with van der Waals surface area (Å²) in [5.41, 5.74) is 4.72. The van der Waals surface area contributed by atoms with Crippen molar-refractivity contribution in [1.29, 1.82) is 0 Å². The van der Waals surface area contributed by atoms with Crippen molar-refractivity contribution in [1.82, 2.24) is 5.32 Å². The molecule has 0 aromatic carbocycles. The fourth-order valence-corrected chi connectivity index (χ4v) is 2.20. The zero-order chi connectivity index (χ0) is 11.5. The molecule has 1 heterocycles. The molecule has 1 fully saturated rings. The summed E-state index contributed by atoms with van der Waals surface area (Å²) in [5.74, 6) is 0.782. The molecule has 0 spiro atoms. The Kier molecular flexibility index (Phi) is 4.02. The summed E-state index contributed by atoms with van der Waals surface area (Å²) in [6, 6.07) is 0.474. The second-order valence-corrected chi connectivity index (χ2v) is 5.64. The summed E-state index contributed by atoms with van der Waals surface area (Å²) in [6.45, 7) is 6.21. The molecule has 0 aromatic heterocycles. The van der Waals surface area contributed by atoms with Gasteiger partial charge in [0.1, 0.15) is 0 Å². The van der Waals surface area contributed by atoms with Gasteiger partial charge in [0.15, 0.2) is 5.17 Å². The van der Waals surface area contributed by atoms with Crippen molar-refractivity contribution in [3.63, 3.8) is 0 Å². The lowest BCUT2D eigenvalue weighted by atomic mass is 9.93. The molecule has 4 nitrogen and oxygen atoms in total. The van der Waals surface area contributed by atoms with Crippen molar-refractivity contribution in [2.75, 3.05) is 12.3 Å². The highest BCUT2D eigenvalue weighted by Gasteiger charge is 2.25.